The van der Waals surface area contributed by atoms with Crippen molar-refractivity contribution in [2.75, 3.05) is 53.0 Å². The van der Waals surface area contributed by atoms with Crippen LogP contribution in [0.5, 0.6) is 5.75 Å². The van der Waals surface area contributed by atoms with Gasteiger partial charge in [-0.3, -0.25) is 9.59 Å². The van der Waals surface area contributed by atoms with Crippen molar-refractivity contribution < 1.29 is 37.0 Å². The van der Waals surface area contributed by atoms with Crippen LogP contribution in [0.15, 0.2) is 54.6 Å². The molecule has 3 atom stereocenters. The van der Waals surface area contributed by atoms with E-state index in [0.717, 1.165) is 19.2 Å². The molecule has 0 radical (unpaired) electrons. The summed E-state index contributed by atoms with van der Waals surface area (Å²) in [6, 6.07) is 14.7. The van der Waals surface area contributed by atoms with E-state index in [0.29, 0.717) is 44.9 Å². The number of carbonyl (C=O) groups is 2. The van der Waals surface area contributed by atoms with E-state index < -0.39 is 23.1 Å². The Morgan fingerprint density at radius 1 is 1.07 bits per heavy atom. The minimum Gasteiger partial charge on any atom is -0.491 e. The third-order valence-electron chi connectivity index (χ3n) is 8.71. The van der Waals surface area contributed by atoms with E-state index in [4.69, 9.17) is 14.2 Å². The van der Waals surface area contributed by atoms with Crippen molar-refractivity contribution in [2.24, 2.45) is 5.41 Å². The predicted molar refractivity (Wildman–Crippen MR) is 144 cm³/mol. The number of para-hydroxylation sites is 1. The number of rotatable bonds is 7. The fourth-order valence-corrected chi connectivity index (χ4v) is 6.49. The molecule has 0 aromatic heterocycles. The number of nitrogens with zero attached hydrogens (tertiary/aromatic N) is 1. The number of alkyl halides is 3. The van der Waals surface area contributed by atoms with Gasteiger partial charge in [0, 0.05) is 57.7 Å². The highest BCUT2D eigenvalue weighted by atomic mass is 19.4. The van der Waals surface area contributed by atoms with Crippen molar-refractivity contribution in [3.63, 3.8) is 0 Å². The van der Waals surface area contributed by atoms with Gasteiger partial charge < -0.3 is 29.7 Å². The maximum atomic E-state index is 14.5. The summed E-state index contributed by atoms with van der Waals surface area (Å²) in [5, 5.41) is 6.25. The van der Waals surface area contributed by atoms with Crippen molar-refractivity contribution in [1.82, 2.24) is 15.5 Å². The highest BCUT2D eigenvalue weighted by molar-refractivity contribution is 5.88. The molecule has 5 rings (SSSR count). The summed E-state index contributed by atoms with van der Waals surface area (Å²) in [6.45, 7) is 3.00. The molecule has 0 bridgehead atoms. The molecule has 2 unspecified atom stereocenters. The summed E-state index contributed by atoms with van der Waals surface area (Å²) >= 11 is 0. The first-order valence-corrected chi connectivity index (χ1v) is 14.0. The van der Waals surface area contributed by atoms with Crippen LogP contribution in [-0.4, -0.2) is 82.0 Å². The highest BCUT2D eigenvalue weighted by Gasteiger charge is 2.64. The Labute approximate surface area is 237 Å². The van der Waals surface area contributed by atoms with Gasteiger partial charge in [0.05, 0.1) is 6.61 Å². The minimum absolute atomic E-state index is 0.0707. The van der Waals surface area contributed by atoms with E-state index >= 15 is 0 Å². The van der Waals surface area contributed by atoms with Crippen LogP contribution in [0.25, 0.3) is 0 Å². The Bertz CT molecular complexity index is 1210. The highest BCUT2D eigenvalue weighted by Crippen LogP contribution is 2.52. The van der Waals surface area contributed by atoms with Crippen LogP contribution in [0.1, 0.15) is 36.3 Å². The van der Waals surface area contributed by atoms with Crippen molar-refractivity contribution in [1.29, 1.82) is 0 Å². The standard InChI is InChI=1S/C30H36F3N3O5/c1-39-29(30(31,32)33,21-7-3-2-4-8-21)27(38)36-14-11-28(12-15-36)17-26(37)35-19-24(28)23-9-5-6-10-25(23)41-20-22-18-34-13-16-40-22/h2-10,22,24,34H,11-20H2,1H3,(H,35,37)/t22?,24?,29-/m1/s1. The number of likely N-dealkylation sites (tertiary alicyclic amines) is 1. The summed E-state index contributed by atoms with van der Waals surface area (Å²) in [7, 11) is 0.913. The van der Waals surface area contributed by atoms with E-state index in [1.54, 1.807) is 6.07 Å². The number of nitrogens with one attached hydrogen (secondary N) is 2. The van der Waals surface area contributed by atoms with Gasteiger partial charge in [0.2, 0.25) is 5.91 Å². The van der Waals surface area contributed by atoms with Gasteiger partial charge >= 0.3 is 6.18 Å². The molecular weight excluding hydrogens is 539 g/mol. The van der Waals surface area contributed by atoms with Gasteiger partial charge in [0.1, 0.15) is 18.5 Å². The molecular formula is C30H36F3N3O5. The van der Waals surface area contributed by atoms with Crippen molar-refractivity contribution in [3.8, 4) is 5.75 Å². The molecule has 2 N–H and O–H groups in total. The Morgan fingerprint density at radius 2 is 1.78 bits per heavy atom. The number of hydrogen-bond acceptors (Lipinski definition) is 6. The third kappa shape index (κ3) is 5.67. The average Bonchev–Trinajstić information content (AvgIpc) is 2.98. The Kier molecular flexibility index (Phi) is 8.58. The SMILES string of the molecule is CO[C@@](C(=O)N1CCC2(CC1)CC(=O)NCC2c1ccccc1OCC1CNCCO1)(c1ccccc1)C(F)(F)F. The normalized spacial score (nSPS) is 24.4. The molecule has 3 aliphatic rings. The zero-order chi connectivity index (χ0) is 29.1. The molecule has 3 fully saturated rings. The summed E-state index contributed by atoms with van der Waals surface area (Å²) in [5.41, 5.74) is -2.99. The summed E-state index contributed by atoms with van der Waals surface area (Å²) < 4.78 is 60.7. The first-order valence-electron chi connectivity index (χ1n) is 14.0. The topological polar surface area (TPSA) is 89.1 Å². The van der Waals surface area contributed by atoms with Crippen LogP contribution < -0.4 is 15.4 Å². The quantitative estimate of drug-likeness (QED) is 0.527. The molecule has 11 heteroatoms. The molecule has 41 heavy (non-hydrogen) atoms. The number of halogens is 3. The van der Waals surface area contributed by atoms with Gasteiger partial charge in [-0.1, -0.05) is 48.5 Å². The Balaban J connectivity index is 1.38. The van der Waals surface area contributed by atoms with Crippen LogP contribution in [0, 0.1) is 5.41 Å². The fraction of sp³-hybridized carbons (Fsp3) is 0.533. The summed E-state index contributed by atoms with van der Waals surface area (Å²) in [5.74, 6) is -0.690. The smallest absolute Gasteiger partial charge is 0.430 e. The van der Waals surface area contributed by atoms with Gasteiger partial charge in [-0.15, -0.1) is 0 Å². The molecule has 3 saturated heterocycles. The molecule has 3 aliphatic heterocycles. The number of amides is 2. The van der Waals surface area contributed by atoms with E-state index in [1.807, 2.05) is 24.3 Å². The second kappa shape index (κ2) is 12.0. The molecule has 3 heterocycles. The second-order valence-corrected chi connectivity index (χ2v) is 11.0. The number of hydrogen-bond donors (Lipinski definition) is 2. The minimum atomic E-state index is -4.98. The molecule has 222 valence electrons. The van der Waals surface area contributed by atoms with E-state index in [9.17, 15) is 22.8 Å². The van der Waals surface area contributed by atoms with Gasteiger partial charge in [-0.25, -0.2) is 0 Å². The monoisotopic (exact) mass is 575 g/mol. The molecule has 2 aromatic carbocycles. The van der Waals surface area contributed by atoms with Crippen LogP contribution in [-0.2, 0) is 24.7 Å². The van der Waals surface area contributed by atoms with E-state index in [1.165, 1.54) is 29.2 Å². The molecule has 2 amide bonds. The maximum Gasteiger partial charge on any atom is 0.430 e. The average molecular weight is 576 g/mol. The lowest BCUT2D eigenvalue weighted by molar-refractivity contribution is -0.271. The number of morpholine rings is 1. The fourth-order valence-electron chi connectivity index (χ4n) is 6.49. The first kappa shape index (κ1) is 29.3. The van der Waals surface area contributed by atoms with Crippen LogP contribution in [0.2, 0.25) is 0 Å². The first-order chi connectivity index (χ1) is 19.7. The molecule has 2 aromatic rings. The molecule has 0 aliphatic carbocycles. The third-order valence-corrected chi connectivity index (χ3v) is 8.71. The summed E-state index contributed by atoms with van der Waals surface area (Å²) in [4.78, 5) is 27.5. The number of carbonyl (C=O) groups excluding carboxylic acids is 2. The maximum absolute atomic E-state index is 14.5. The van der Waals surface area contributed by atoms with Crippen molar-refractivity contribution >= 4 is 11.8 Å². The lowest BCUT2D eigenvalue weighted by atomic mass is 9.62. The largest absolute Gasteiger partial charge is 0.491 e. The molecule has 8 nitrogen and oxygen atoms in total. The molecule has 1 spiro atoms. The van der Waals surface area contributed by atoms with Crippen LogP contribution in [0.3, 0.4) is 0 Å². The number of piperidine rings is 2. The zero-order valence-electron chi connectivity index (χ0n) is 23.0. The van der Waals surface area contributed by atoms with Gasteiger partial charge in [0.25, 0.3) is 11.5 Å². The number of ether oxygens (including phenoxy) is 3. The lowest BCUT2D eigenvalue weighted by Crippen LogP contribution is -2.60. The zero-order valence-corrected chi connectivity index (χ0v) is 23.0. The molecule has 0 saturated carbocycles. The summed E-state index contributed by atoms with van der Waals surface area (Å²) in [6.07, 6.45) is -4.10. The number of benzene rings is 2. The Hall–Kier alpha value is -3.15. The van der Waals surface area contributed by atoms with Crippen molar-refractivity contribution in [3.05, 3.63) is 65.7 Å². The van der Waals surface area contributed by atoms with Crippen LogP contribution >= 0.6 is 0 Å². The van der Waals surface area contributed by atoms with E-state index in [2.05, 4.69) is 10.6 Å². The Morgan fingerprint density at radius 3 is 2.44 bits per heavy atom. The van der Waals surface area contributed by atoms with Crippen LogP contribution in [0.4, 0.5) is 13.2 Å². The van der Waals surface area contributed by atoms with E-state index in [-0.39, 0.29) is 43.0 Å². The lowest BCUT2D eigenvalue weighted by Gasteiger charge is -2.50. The predicted octanol–water partition coefficient (Wildman–Crippen LogP) is 3.37. The second-order valence-electron chi connectivity index (χ2n) is 11.0. The van der Waals surface area contributed by atoms with Gasteiger partial charge in [-0.05, 0) is 29.9 Å². The number of methoxy groups -OCH3 is 1. The van der Waals surface area contributed by atoms with Crippen molar-refractivity contribution in [2.45, 2.75) is 43.1 Å². The van der Waals surface area contributed by atoms with Gasteiger partial charge in [-0.2, -0.15) is 13.2 Å². The van der Waals surface area contributed by atoms with Gasteiger partial charge in [0.15, 0.2) is 0 Å².